The summed E-state index contributed by atoms with van der Waals surface area (Å²) in [5, 5.41) is 0. The monoisotopic (exact) mass is 360 g/mol. The first kappa shape index (κ1) is 40.1. The Labute approximate surface area is 67.5 Å². The minimum absolute atomic E-state index is 0. The molecule has 2 nitrogen and oxygen atoms in total. The van der Waals surface area contributed by atoms with Gasteiger partial charge in [-0.3, -0.25) is 0 Å². The van der Waals surface area contributed by atoms with Gasteiger partial charge in [-0.05, 0) is 0 Å². The van der Waals surface area contributed by atoms with Gasteiger partial charge in [-0.15, -0.1) is 0 Å². The molecular weight excluding hydrogens is 361 g/mol. The molecule has 0 saturated carbocycles. The fourth-order valence-electron chi connectivity index (χ4n) is 0. The molecule has 0 aliphatic rings. The topological polar surface area (TPSA) is 57.0 Å². The molecule has 0 unspecified atom stereocenters. The van der Waals surface area contributed by atoms with E-state index in [9.17, 15) is 0 Å². The van der Waals surface area contributed by atoms with Gasteiger partial charge in [0.1, 0.15) is 0 Å². The Morgan fingerprint density at radius 1 is 0.750 bits per heavy atom. The summed E-state index contributed by atoms with van der Waals surface area (Å²) in [4.78, 5) is 0. The molecule has 0 aliphatic carbocycles. The average molecular weight is 361 g/mol. The van der Waals surface area contributed by atoms with Crippen LogP contribution in [0, 0.1) is 31.1 Å². The predicted octanol–water partition coefficient (Wildman–Crippen LogP) is -0.240. The van der Waals surface area contributed by atoms with E-state index in [-0.39, 0.29) is 68.3 Å². The van der Waals surface area contributed by atoms with Crippen molar-refractivity contribution in [1.82, 2.24) is 0 Å². The Morgan fingerprint density at radius 3 is 0.750 bits per heavy atom. The van der Waals surface area contributed by atoms with Gasteiger partial charge >= 0.3 is 26.2 Å². The van der Waals surface area contributed by atoms with Crippen LogP contribution in [-0.2, 0) is 37.2 Å². The van der Waals surface area contributed by atoms with Crippen molar-refractivity contribution < 1.29 is 68.3 Å². The Bertz CT molecular complexity index is 6.00. The Morgan fingerprint density at radius 2 is 0.750 bits per heavy atom. The van der Waals surface area contributed by atoms with Crippen molar-refractivity contribution in [3.05, 3.63) is 0 Å². The second kappa shape index (κ2) is 21.0. The zero-order chi connectivity index (χ0) is 0. The summed E-state index contributed by atoms with van der Waals surface area (Å²) in [6.45, 7) is 0. The van der Waals surface area contributed by atoms with Crippen molar-refractivity contribution in [1.29, 1.82) is 0 Å². The maximum Gasteiger partial charge on any atom is 4.00 e. The molecule has 0 aromatic rings. The molecule has 0 spiro atoms. The van der Waals surface area contributed by atoms with Crippen LogP contribution in [0.5, 0.6) is 0 Å². The van der Waals surface area contributed by atoms with Crippen molar-refractivity contribution in [2.45, 2.75) is 0 Å². The molecule has 0 aromatic carbocycles. The van der Waals surface area contributed by atoms with Crippen molar-refractivity contribution >= 4 is 0 Å². The molecule has 0 saturated heterocycles. The van der Waals surface area contributed by atoms with Gasteiger partial charge in [0.25, 0.3) is 0 Å². The van der Waals surface area contributed by atoms with E-state index in [1.54, 1.807) is 0 Å². The number of hydrogen-bond acceptors (Lipinski definition) is 0. The van der Waals surface area contributed by atoms with Gasteiger partial charge in [-0.2, -0.15) is 0 Å². The van der Waals surface area contributed by atoms with Crippen LogP contribution in [0.4, 0.5) is 0 Å². The molecule has 0 N–H and O–H groups in total. The van der Waals surface area contributed by atoms with Crippen molar-refractivity contribution in [2.24, 2.45) is 0 Å². The molecule has 0 bridgehead atoms. The van der Waals surface area contributed by atoms with E-state index < -0.39 is 0 Å². The Kier molecular flexibility index (Phi) is 210. The zero-order valence-corrected chi connectivity index (χ0v) is 8.44. The molecule has 0 fully saturated rings. The molecule has 4 heavy (non-hydrogen) atoms. The quantitative estimate of drug-likeness (QED) is 0.572. The average Bonchev–Trinajstić information content (AvgIpc) is 0. The van der Waals surface area contributed by atoms with Gasteiger partial charge < -0.3 is 11.0 Å². The fourth-order valence-corrected chi connectivity index (χ4v) is 0. The van der Waals surface area contributed by atoms with Crippen LogP contribution in [0.3, 0.4) is 0 Å². The van der Waals surface area contributed by atoms with E-state index >= 15 is 0 Å². The van der Waals surface area contributed by atoms with Crippen LogP contribution in [0.1, 0.15) is 0 Å². The zero-order valence-electron chi connectivity index (χ0n) is 1.82. The van der Waals surface area contributed by atoms with Gasteiger partial charge in [0.15, 0.2) is 0 Å². The molecule has 0 radical (unpaired) electrons. The molecule has 0 atom stereocenters. The van der Waals surface area contributed by atoms with Gasteiger partial charge in [0.05, 0.1) is 0 Å². The third-order valence-electron chi connectivity index (χ3n) is 0. The third kappa shape index (κ3) is 9.13. The first-order valence-electron chi connectivity index (χ1n) is 0. The van der Waals surface area contributed by atoms with Crippen molar-refractivity contribution in [3.8, 4) is 0 Å². The Hall–Kier alpha value is 1.86. The summed E-state index contributed by atoms with van der Waals surface area (Å²) >= 11 is 0. The molecule has 0 aromatic heterocycles. The maximum absolute atomic E-state index is 0. The van der Waals surface area contributed by atoms with Gasteiger partial charge in [0, 0.05) is 31.1 Å². The Balaban J connectivity index is 0. The number of hydrogen-bond donors (Lipinski definition) is 0. The molecule has 0 amide bonds. The summed E-state index contributed by atoms with van der Waals surface area (Å²) in [7, 11) is 0. The van der Waals surface area contributed by atoms with Crippen LogP contribution < -0.4 is 0 Å². The largest absolute Gasteiger partial charge is 4.00 e. The minimum atomic E-state index is 0. The first-order chi connectivity index (χ1) is 0. The van der Waals surface area contributed by atoms with Crippen LogP contribution in [0.2, 0.25) is 0 Å². The van der Waals surface area contributed by atoms with Crippen molar-refractivity contribution in [3.63, 3.8) is 0 Å². The fraction of sp³-hybridized carbons (Fsp3) is 0. The molecule has 20 valence electrons. The summed E-state index contributed by atoms with van der Waals surface area (Å²) in [6, 6.07) is 0. The van der Waals surface area contributed by atoms with Gasteiger partial charge in [-0.25, -0.2) is 0 Å². The molecule has 0 heterocycles. The summed E-state index contributed by atoms with van der Waals surface area (Å²) < 4.78 is 0. The van der Waals surface area contributed by atoms with E-state index in [1.165, 1.54) is 0 Å². The summed E-state index contributed by atoms with van der Waals surface area (Å²) in [6.07, 6.45) is 0. The van der Waals surface area contributed by atoms with Crippen LogP contribution in [0.25, 0.3) is 0 Å². The second-order valence-electron chi connectivity index (χ2n) is 0. The van der Waals surface area contributed by atoms with Crippen molar-refractivity contribution in [2.75, 3.05) is 0 Å². The van der Waals surface area contributed by atoms with Crippen LogP contribution >= 0.6 is 0 Å². The summed E-state index contributed by atoms with van der Waals surface area (Å²) in [5.41, 5.74) is 0. The predicted molar refractivity (Wildman–Crippen MR) is 1.37 cm³/mol. The SMILES string of the molecule is [O-2].[O-2].[U].[Zr+4]. The van der Waals surface area contributed by atoms with E-state index in [2.05, 4.69) is 0 Å². The van der Waals surface area contributed by atoms with E-state index in [0.717, 1.165) is 0 Å². The number of rotatable bonds is 0. The molecular formula is O2UZr. The summed E-state index contributed by atoms with van der Waals surface area (Å²) in [5.74, 6) is 0. The van der Waals surface area contributed by atoms with E-state index in [0.29, 0.717) is 0 Å². The second-order valence-corrected chi connectivity index (χ2v) is 0. The molecule has 0 rings (SSSR count). The minimum Gasteiger partial charge on any atom is -2.00 e. The van der Waals surface area contributed by atoms with Crippen LogP contribution in [-0.4, -0.2) is 0 Å². The van der Waals surface area contributed by atoms with E-state index in [1.807, 2.05) is 0 Å². The smallest absolute Gasteiger partial charge is 2.00 e. The molecule has 4 heteroatoms. The first-order valence-corrected chi connectivity index (χ1v) is 0. The molecule has 0 aliphatic heterocycles. The normalized spacial score (nSPS) is 0. The van der Waals surface area contributed by atoms with Crippen LogP contribution in [0.15, 0.2) is 0 Å². The maximum atomic E-state index is 0. The standard InChI is InChI=1S/2O.U.Zr/q2*-2;;+4. The van der Waals surface area contributed by atoms with Gasteiger partial charge in [0.2, 0.25) is 0 Å². The third-order valence-corrected chi connectivity index (χ3v) is 0. The van der Waals surface area contributed by atoms with Gasteiger partial charge in [-0.1, -0.05) is 0 Å². The van der Waals surface area contributed by atoms with E-state index in [4.69, 9.17) is 0 Å².